The fourth-order valence-electron chi connectivity index (χ4n) is 6.01. The summed E-state index contributed by atoms with van der Waals surface area (Å²) >= 11 is 0. The Morgan fingerprint density at radius 1 is 1.00 bits per heavy atom. The molecule has 3 nitrogen and oxygen atoms in total. The first kappa shape index (κ1) is 16.8. The number of carbonyl (C=O) groups excluding carboxylic acids is 2. The van der Waals surface area contributed by atoms with Gasteiger partial charge in [0.15, 0.2) is 12.4 Å². The molecule has 4 aliphatic carbocycles. The van der Waals surface area contributed by atoms with Gasteiger partial charge in [0.25, 0.3) is 0 Å². The summed E-state index contributed by atoms with van der Waals surface area (Å²) in [6.07, 6.45) is 8.22. The minimum atomic E-state index is -0.181. The number of Topliss-reactive ketones (excluding diaryl/α,β-unsaturated/α-hetero) is 1. The van der Waals surface area contributed by atoms with Crippen LogP contribution in [0.1, 0.15) is 66.4 Å². The average molecular weight is 340 g/mol. The largest absolute Gasteiger partial charge is 0.457 e. The minimum absolute atomic E-state index is 0.109. The maximum absolute atomic E-state index is 12.4. The van der Waals surface area contributed by atoms with Gasteiger partial charge in [0.2, 0.25) is 0 Å². The monoisotopic (exact) mass is 340 g/mol. The van der Waals surface area contributed by atoms with Gasteiger partial charge in [-0.25, -0.2) is 0 Å². The van der Waals surface area contributed by atoms with Crippen molar-refractivity contribution in [1.29, 1.82) is 0 Å². The van der Waals surface area contributed by atoms with Crippen molar-refractivity contribution in [2.45, 2.75) is 58.8 Å². The third-order valence-electron chi connectivity index (χ3n) is 6.88. The number of esters is 1. The van der Waals surface area contributed by atoms with E-state index in [1.54, 1.807) is 0 Å². The van der Waals surface area contributed by atoms with E-state index in [0.29, 0.717) is 12.0 Å². The fraction of sp³-hybridized carbons (Fsp3) is 0.636. The Labute approximate surface area is 150 Å². The molecule has 1 aromatic rings. The zero-order chi connectivity index (χ0) is 17.6. The first-order valence-electron chi connectivity index (χ1n) is 9.68. The highest BCUT2D eigenvalue weighted by atomic mass is 16.5. The normalized spacial score (nSPS) is 32.6. The van der Waals surface area contributed by atoms with Crippen molar-refractivity contribution in [2.24, 2.45) is 23.2 Å². The van der Waals surface area contributed by atoms with Gasteiger partial charge in [-0.1, -0.05) is 12.1 Å². The van der Waals surface area contributed by atoms with Gasteiger partial charge >= 0.3 is 5.97 Å². The van der Waals surface area contributed by atoms with Crippen molar-refractivity contribution in [2.75, 3.05) is 6.61 Å². The lowest BCUT2D eigenvalue weighted by molar-refractivity contribution is -0.150. The van der Waals surface area contributed by atoms with Crippen molar-refractivity contribution in [3.63, 3.8) is 0 Å². The molecular formula is C22H28O3. The van der Waals surface area contributed by atoms with Gasteiger partial charge in [0, 0.05) is 5.56 Å². The third kappa shape index (κ3) is 3.38. The number of ether oxygens (including phenoxy) is 1. The van der Waals surface area contributed by atoms with Crippen molar-refractivity contribution in [3.05, 3.63) is 34.9 Å². The summed E-state index contributed by atoms with van der Waals surface area (Å²) in [5.41, 5.74) is 3.06. The summed E-state index contributed by atoms with van der Waals surface area (Å²) in [7, 11) is 0. The molecule has 4 saturated carbocycles. The van der Waals surface area contributed by atoms with Crippen LogP contribution in [-0.2, 0) is 9.53 Å². The molecule has 0 atom stereocenters. The van der Waals surface area contributed by atoms with Crippen LogP contribution >= 0.6 is 0 Å². The molecule has 0 unspecified atom stereocenters. The van der Waals surface area contributed by atoms with Crippen molar-refractivity contribution >= 4 is 11.8 Å². The highest BCUT2D eigenvalue weighted by molar-refractivity contribution is 5.98. The standard InChI is InChI=1S/C22H28O3/c1-14-3-4-19(5-15(14)2)20(23)13-25-21(24)12-22-9-16-6-17(10-22)8-18(7-16)11-22/h3-5,16-18H,6-13H2,1-2H3. The summed E-state index contributed by atoms with van der Waals surface area (Å²) in [5, 5.41) is 0. The molecule has 1 aromatic carbocycles. The lowest BCUT2D eigenvalue weighted by atomic mass is 9.49. The molecule has 0 amide bonds. The molecule has 0 spiro atoms. The molecule has 0 aromatic heterocycles. The summed E-state index contributed by atoms with van der Waals surface area (Å²) in [5.74, 6) is 2.20. The van der Waals surface area contributed by atoms with Gasteiger partial charge in [-0.3, -0.25) is 9.59 Å². The zero-order valence-corrected chi connectivity index (χ0v) is 15.3. The van der Waals surface area contributed by atoms with Crippen molar-refractivity contribution in [3.8, 4) is 0 Å². The van der Waals surface area contributed by atoms with E-state index in [1.807, 2.05) is 32.0 Å². The van der Waals surface area contributed by atoms with E-state index in [2.05, 4.69) is 0 Å². The maximum atomic E-state index is 12.4. The Morgan fingerprint density at radius 3 is 2.16 bits per heavy atom. The molecule has 4 bridgehead atoms. The molecular weight excluding hydrogens is 312 g/mol. The Balaban J connectivity index is 1.33. The van der Waals surface area contributed by atoms with E-state index < -0.39 is 0 Å². The second-order valence-electron chi connectivity index (χ2n) is 8.98. The predicted molar refractivity (Wildman–Crippen MR) is 96.4 cm³/mol. The first-order valence-corrected chi connectivity index (χ1v) is 9.68. The van der Waals surface area contributed by atoms with Gasteiger partial charge in [-0.05, 0) is 92.7 Å². The summed E-state index contributed by atoms with van der Waals surface area (Å²) in [6.45, 7) is 3.88. The molecule has 0 N–H and O–H groups in total. The van der Waals surface area contributed by atoms with Crippen LogP contribution in [0, 0.1) is 37.0 Å². The number of aryl methyl sites for hydroxylation is 2. The quantitative estimate of drug-likeness (QED) is 0.579. The van der Waals surface area contributed by atoms with Crippen molar-refractivity contribution < 1.29 is 14.3 Å². The van der Waals surface area contributed by atoms with E-state index in [4.69, 9.17) is 4.74 Å². The molecule has 5 rings (SSSR count). The van der Waals surface area contributed by atoms with E-state index in [1.165, 1.54) is 38.5 Å². The summed E-state index contributed by atoms with van der Waals surface area (Å²) < 4.78 is 5.38. The van der Waals surface area contributed by atoms with Gasteiger partial charge in [-0.15, -0.1) is 0 Å². The lowest BCUT2D eigenvalue weighted by Crippen LogP contribution is -2.47. The lowest BCUT2D eigenvalue weighted by Gasteiger charge is -2.56. The molecule has 4 aliphatic rings. The van der Waals surface area contributed by atoms with Crippen LogP contribution in [0.5, 0.6) is 0 Å². The number of ketones is 1. The van der Waals surface area contributed by atoms with E-state index in [0.717, 1.165) is 28.9 Å². The Bertz CT molecular complexity index is 668. The SMILES string of the molecule is Cc1ccc(C(=O)COC(=O)CC23CC4CC(CC(C4)C2)C3)cc1C. The van der Waals surface area contributed by atoms with Gasteiger partial charge < -0.3 is 4.74 Å². The Hall–Kier alpha value is -1.64. The number of carbonyl (C=O) groups is 2. The highest BCUT2D eigenvalue weighted by Crippen LogP contribution is 2.61. The topological polar surface area (TPSA) is 43.4 Å². The summed E-state index contributed by atoms with van der Waals surface area (Å²) in [4.78, 5) is 24.7. The first-order chi connectivity index (χ1) is 11.9. The molecule has 3 heteroatoms. The van der Waals surface area contributed by atoms with Crippen LogP contribution < -0.4 is 0 Å². The second-order valence-corrected chi connectivity index (χ2v) is 8.98. The molecule has 4 fully saturated rings. The second kappa shape index (κ2) is 6.26. The third-order valence-corrected chi connectivity index (χ3v) is 6.88. The van der Waals surface area contributed by atoms with E-state index >= 15 is 0 Å². The Morgan fingerprint density at radius 2 is 1.60 bits per heavy atom. The van der Waals surface area contributed by atoms with Crippen LogP contribution in [0.2, 0.25) is 0 Å². The zero-order valence-electron chi connectivity index (χ0n) is 15.3. The van der Waals surface area contributed by atoms with E-state index in [-0.39, 0.29) is 23.8 Å². The highest BCUT2D eigenvalue weighted by Gasteiger charge is 2.51. The van der Waals surface area contributed by atoms with Crippen LogP contribution in [0.4, 0.5) is 0 Å². The van der Waals surface area contributed by atoms with Crippen LogP contribution in [0.3, 0.4) is 0 Å². The maximum Gasteiger partial charge on any atom is 0.306 e. The summed E-state index contributed by atoms with van der Waals surface area (Å²) in [6, 6.07) is 5.64. The van der Waals surface area contributed by atoms with Crippen LogP contribution in [0.15, 0.2) is 18.2 Å². The molecule has 0 radical (unpaired) electrons. The molecule has 0 saturated heterocycles. The molecule has 0 aliphatic heterocycles. The fourth-order valence-corrected chi connectivity index (χ4v) is 6.01. The minimum Gasteiger partial charge on any atom is -0.457 e. The van der Waals surface area contributed by atoms with Gasteiger partial charge in [-0.2, -0.15) is 0 Å². The van der Waals surface area contributed by atoms with Crippen molar-refractivity contribution in [1.82, 2.24) is 0 Å². The smallest absolute Gasteiger partial charge is 0.306 e. The number of hydrogen-bond donors (Lipinski definition) is 0. The Kier molecular flexibility index (Phi) is 4.21. The molecule has 134 valence electrons. The number of rotatable bonds is 5. The van der Waals surface area contributed by atoms with Gasteiger partial charge in [0.05, 0.1) is 6.42 Å². The molecule has 0 heterocycles. The molecule has 25 heavy (non-hydrogen) atoms. The van der Waals surface area contributed by atoms with Crippen LogP contribution in [0.25, 0.3) is 0 Å². The number of benzene rings is 1. The van der Waals surface area contributed by atoms with Crippen LogP contribution in [-0.4, -0.2) is 18.4 Å². The number of hydrogen-bond acceptors (Lipinski definition) is 3. The van der Waals surface area contributed by atoms with Gasteiger partial charge in [0.1, 0.15) is 0 Å². The van der Waals surface area contributed by atoms with E-state index in [9.17, 15) is 9.59 Å². The predicted octanol–water partition coefficient (Wildman–Crippen LogP) is 4.64. The average Bonchev–Trinajstić information content (AvgIpc) is 2.53.